The van der Waals surface area contributed by atoms with E-state index in [2.05, 4.69) is 24.3 Å². The third-order valence-electron chi connectivity index (χ3n) is 6.38. The quantitative estimate of drug-likeness (QED) is 0.776. The minimum absolute atomic E-state index is 0.0384. The van der Waals surface area contributed by atoms with E-state index in [4.69, 9.17) is 9.47 Å². The number of carbonyl (C=O) groups is 2. The van der Waals surface area contributed by atoms with E-state index in [0.717, 1.165) is 34.2 Å². The van der Waals surface area contributed by atoms with Crippen LogP contribution in [-0.2, 0) is 14.3 Å². The maximum absolute atomic E-state index is 13.1. The van der Waals surface area contributed by atoms with Crippen LogP contribution in [0, 0.1) is 0 Å². The fourth-order valence-electron chi connectivity index (χ4n) is 4.97. The van der Waals surface area contributed by atoms with Gasteiger partial charge in [0.05, 0.1) is 6.61 Å². The Morgan fingerprint density at radius 2 is 1.77 bits per heavy atom. The average Bonchev–Trinajstić information content (AvgIpc) is 3.40. The Labute approximate surface area is 174 Å². The van der Waals surface area contributed by atoms with Gasteiger partial charge in [0, 0.05) is 12.3 Å². The van der Waals surface area contributed by atoms with Gasteiger partial charge in [-0.15, -0.1) is 0 Å². The summed E-state index contributed by atoms with van der Waals surface area (Å²) >= 11 is 0. The number of allylic oxidation sites excluding steroid dienone is 1. The lowest BCUT2D eigenvalue weighted by atomic mass is 9.98. The van der Waals surface area contributed by atoms with E-state index in [1.165, 1.54) is 4.90 Å². The lowest BCUT2D eigenvalue weighted by Crippen LogP contribution is -2.52. The van der Waals surface area contributed by atoms with Crippen molar-refractivity contribution in [3.05, 3.63) is 71.3 Å². The van der Waals surface area contributed by atoms with Gasteiger partial charge in [-0.1, -0.05) is 54.1 Å². The molecule has 2 unspecified atom stereocenters. The zero-order valence-electron chi connectivity index (χ0n) is 16.7. The highest BCUT2D eigenvalue weighted by molar-refractivity contribution is 5.82. The van der Waals surface area contributed by atoms with Gasteiger partial charge in [0.15, 0.2) is 11.8 Å². The molecule has 1 saturated heterocycles. The molecule has 2 aliphatic carbocycles. The third kappa shape index (κ3) is 2.82. The first-order valence-corrected chi connectivity index (χ1v) is 10.2. The van der Waals surface area contributed by atoms with Crippen LogP contribution in [0.2, 0.25) is 0 Å². The second-order valence-electron chi connectivity index (χ2n) is 8.17. The van der Waals surface area contributed by atoms with Gasteiger partial charge in [-0.05, 0) is 41.7 Å². The van der Waals surface area contributed by atoms with E-state index in [1.807, 2.05) is 37.3 Å². The summed E-state index contributed by atoms with van der Waals surface area (Å²) in [6.07, 6.45) is 2.52. The first-order chi connectivity index (χ1) is 14.5. The number of aliphatic carboxylic acids is 1. The van der Waals surface area contributed by atoms with E-state index < -0.39 is 23.8 Å². The Hall–Kier alpha value is -3.12. The van der Waals surface area contributed by atoms with Crippen LogP contribution in [0.3, 0.4) is 0 Å². The number of nitrogens with zero attached hydrogens (tertiary/aromatic N) is 1. The summed E-state index contributed by atoms with van der Waals surface area (Å²) in [6, 6.07) is 15.2. The number of ether oxygens (including phenoxy) is 2. The number of rotatable bonds is 3. The summed E-state index contributed by atoms with van der Waals surface area (Å²) in [7, 11) is 0. The van der Waals surface area contributed by atoms with Gasteiger partial charge in [0.25, 0.3) is 0 Å². The van der Waals surface area contributed by atoms with Crippen LogP contribution in [0.25, 0.3) is 11.1 Å². The van der Waals surface area contributed by atoms with Crippen molar-refractivity contribution < 1.29 is 24.2 Å². The molecule has 5 rings (SSSR count). The van der Waals surface area contributed by atoms with Gasteiger partial charge in [0.1, 0.15) is 6.61 Å². The van der Waals surface area contributed by atoms with Gasteiger partial charge in [-0.3, -0.25) is 4.90 Å². The van der Waals surface area contributed by atoms with Gasteiger partial charge in [0.2, 0.25) is 0 Å². The molecular weight excluding hydrogens is 382 g/mol. The molecule has 1 heterocycles. The molecular formula is C24H23NO5. The Morgan fingerprint density at radius 3 is 2.33 bits per heavy atom. The molecule has 0 bridgehead atoms. The fourth-order valence-corrected chi connectivity index (χ4v) is 4.97. The predicted octanol–water partition coefficient (Wildman–Crippen LogP) is 4.16. The van der Waals surface area contributed by atoms with Crippen LogP contribution < -0.4 is 0 Å². The van der Waals surface area contributed by atoms with Gasteiger partial charge < -0.3 is 14.6 Å². The van der Waals surface area contributed by atoms with E-state index in [9.17, 15) is 14.7 Å². The van der Waals surface area contributed by atoms with Crippen molar-refractivity contribution in [3.63, 3.8) is 0 Å². The zero-order valence-corrected chi connectivity index (χ0v) is 16.7. The van der Waals surface area contributed by atoms with Crippen molar-refractivity contribution in [2.45, 2.75) is 37.5 Å². The van der Waals surface area contributed by atoms with Gasteiger partial charge >= 0.3 is 12.1 Å². The molecule has 2 aromatic carbocycles. The number of carbonyl (C=O) groups excluding carboxylic acids is 1. The SMILES string of the molecule is CC1=CC2(CC1)OCC(C(=O)O)N2C(=O)OCC1c2ccccc2-c2ccccc21. The standard InChI is InChI=1S/C24H23NO5/c1-15-10-11-24(12-15)25(21(14-30-24)22(26)27)23(28)29-13-20-18-8-4-2-6-16(18)17-7-3-5-9-19(17)20/h2-9,12,20-21H,10-11,13-14H2,1H3,(H,26,27). The monoisotopic (exact) mass is 405 g/mol. The van der Waals surface area contributed by atoms with E-state index >= 15 is 0 Å². The Bertz CT molecular complexity index is 1020. The third-order valence-corrected chi connectivity index (χ3v) is 6.38. The van der Waals surface area contributed by atoms with Crippen molar-refractivity contribution in [2.24, 2.45) is 0 Å². The first kappa shape index (κ1) is 18.9. The summed E-state index contributed by atoms with van der Waals surface area (Å²) in [4.78, 5) is 26.2. The number of hydrogen-bond acceptors (Lipinski definition) is 4. The van der Waals surface area contributed by atoms with Crippen LogP contribution in [0.5, 0.6) is 0 Å². The van der Waals surface area contributed by atoms with Gasteiger partial charge in [-0.2, -0.15) is 0 Å². The number of hydrogen-bond donors (Lipinski definition) is 1. The highest BCUT2D eigenvalue weighted by Crippen LogP contribution is 2.45. The summed E-state index contributed by atoms with van der Waals surface area (Å²) < 4.78 is 11.6. The molecule has 6 heteroatoms. The lowest BCUT2D eigenvalue weighted by Gasteiger charge is -2.33. The molecule has 1 spiro atoms. The molecule has 1 aliphatic heterocycles. The maximum Gasteiger partial charge on any atom is 0.413 e. The van der Waals surface area contributed by atoms with Crippen LogP contribution in [0.1, 0.15) is 36.8 Å². The van der Waals surface area contributed by atoms with Crippen molar-refractivity contribution >= 4 is 12.1 Å². The zero-order chi connectivity index (χ0) is 20.9. The molecule has 0 aromatic heterocycles. The summed E-state index contributed by atoms with van der Waals surface area (Å²) in [6.45, 7) is 2.07. The van der Waals surface area contributed by atoms with Crippen molar-refractivity contribution in [3.8, 4) is 11.1 Å². The van der Waals surface area contributed by atoms with Crippen molar-refractivity contribution in [2.75, 3.05) is 13.2 Å². The molecule has 154 valence electrons. The van der Waals surface area contributed by atoms with Crippen LogP contribution in [0.15, 0.2) is 60.2 Å². The fraction of sp³-hybridized carbons (Fsp3) is 0.333. The maximum atomic E-state index is 13.1. The number of carboxylic acid groups (broad SMARTS) is 1. The summed E-state index contributed by atoms with van der Waals surface area (Å²) in [5, 5.41) is 9.63. The minimum atomic E-state index is -1.08. The number of carboxylic acids is 1. The largest absolute Gasteiger partial charge is 0.480 e. The Balaban J connectivity index is 1.41. The highest BCUT2D eigenvalue weighted by atomic mass is 16.6. The van der Waals surface area contributed by atoms with E-state index in [-0.39, 0.29) is 19.1 Å². The summed E-state index contributed by atoms with van der Waals surface area (Å²) in [5.41, 5.74) is 4.59. The molecule has 1 fully saturated rings. The molecule has 0 radical (unpaired) electrons. The van der Waals surface area contributed by atoms with E-state index in [1.54, 1.807) is 0 Å². The molecule has 30 heavy (non-hydrogen) atoms. The number of amides is 1. The van der Waals surface area contributed by atoms with Crippen molar-refractivity contribution in [1.29, 1.82) is 0 Å². The summed E-state index contributed by atoms with van der Waals surface area (Å²) in [5.74, 6) is -1.16. The average molecular weight is 405 g/mol. The number of benzene rings is 2. The topological polar surface area (TPSA) is 76.1 Å². The normalized spacial score (nSPS) is 24.6. The predicted molar refractivity (Wildman–Crippen MR) is 110 cm³/mol. The molecule has 1 N–H and O–H groups in total. The number of fused-ring (bicyclic) bond motifs is 3. The lowest BCUT2D eigenvalue weighted by molar-refractivity contribution is -0.142. The molecule has 2 atom stereocenters. The van der Waals surface area contributed by atoms with Crippen LogP contribution in [0.4, 0.5) is 4.79 Å². The Morgan fingerprint density at radius 1 is 1.13 bits per heavy atom. The van der Waals surface area contributed by atoms with Crippen LogP contribution in [-0.4, -0.2) is 47.0 Å². The molecule has 3 aliphatic rings. The highest BCUT2D eigenvalue weighted by Gasteiger charge is 2.54. The second kappa shape index (κ2) is 6.99. The van der Waals surface area contributed by atoms with Gasteiger partial charge in [-0.25, -0.2) is 9.59 Å². The van der Waals surface area contributed by atoms with Crippen molar-refractivity contribution in [1.82, 2.24) is 4.90 Å². The first-order valence-electron chi connectivity index (χ1n) is 10.2. The van der Waals surface area contributed by atoms with E-state index in [0.29, 0.717) is 6.42 Å². The molecule has 0 saturated carbocycles. The smallest absolute Gasteiger partial charge is 0.413 e. The molecule has 6 nitrogen and oxygen atoms in total. The minimum Gasteiger partial charge on any atom is -0.480 e. The van der Waals surface area contributed by atoms with Crippen LogP contribution >= 0.6 is 0 Å². The Kier molecular flexibility index (Phi) is 4.40. The molecule has 2 aromatic rings. The molecule has 1 amide bonds. The second-order valence-corrected chi connectivity index (χ2v) is 8.17.